The average molecular weight is 335 g/mol. The SMILES string of the molecule is CC(=Cc1ccccc1S(=O)[O-])CS(=O)(=O)c1ccccc1. The normalized spacial score (nSPS) is 13.8. The van der Waals surface area contributed by atoms with Gasteiger partial charge in [-0.25, -0.2) is 8.42 Å². The quantitative estimate of drug-likeness (QED) is 0.788. The van der Waals surface area contributed by atoms with Crippen molar-refractivity contribution in [2.24, 2.45) is 0 Å². The summed E-state index contributed by atoms with van der Waals surface area (Å²) >= 11 is -2.36. The van der Waals surface area contributed by atoms with Crippen LogP contribution in [0, 0.1) is 0 Å². The second-order valence-corrected chi connectivity index (χ2v) is 7.73. The molecule has 0 fully saturated rings. The standard InChI is InChI=1S/C16H16O4S2/c1-13(11-14-7-5-6-10-16(14)21(17)18)12-22(19,20)15-8-3-2-4-9-15/h2-11H,12H2,1H3,(H,17,18)/p-1. The minimum absolute atomic E-state index is 0.152. The van der Waals surface area contributed by atoms with Crippen molar-refractivity contribution in [2.75, 3.05) is 5.75 Å². The van der Waals surface area contributed by atoms with E-state index < -0.39 is 20.9 Å². The molecule has 0 spiro atoms. The maximum absolute atomic E-state index is 12.3. The zero-order valence-electron chi connectivity index (χ0n) is 11.9. The Kier molecular flexibility index (Phi) is 5.28. The summed E-state index contributed by atoms with van der Waals surface area (Å²) in [7, 11) is -3.43. The molecule has 1 unspecified atom stereocenters. The molecule has 0 radical (unpaired) electrons. The van der Waals surface area contributed by atoms with Crippen LogP contribution in [-0.2, 0) is 20.9 Å². The second-order valence-electron chi connectivity index (χ2n) is 4.84. The van der Waals surface area contributed by atoms with Crippen LogP contribution < -0.4 is 0 Å². The predicted octanol–water partition coefficient (Wildman–Crippen LogP) is 2.80. The van der Waals surface area contributed by atoms with Crippen molar-refractivity contribution >= 4 is 27.0 Å². The Labute approximate surface area is 132 Å². The Bertz CT molecular complexity index is 809. The fourth-order valence-electron chi connectivity index (χ4n) is 2.07. The molecule has 22 heavy (non-hydrogen) atoms. The molecule has 0 saturated heterocycles. The first-order chi connectivity index (χ1) is 10.4. The Hall–Kier alpha value is -1.76. The van der Waals surface area contributed by atoms with Crippen molar-refractivity contribution in [1.29, 1.82) is 0 Å². The van der Waals surface area contributed by atoms with Gasteiger partial charge in [-0.15, -0.1) is 0 Å². The number of rotatable bonds is 5. The van der Waals surface area contributed by atoms with Crippen molar-refractivity contribution in [1.82, 2.24) is 0 Å². The van der Waals surface area contributed by atoms with E-state index in [0.717, 1.165) is 0 Å². The van der Waals surface area contributed by atoms with Gasteiger partial charge >= 0.3 is 0 Å². The lowest BCUT2D eigenvalue weighted by atomic mass is 10.1. The summed E-state index contributed by atoms with van der Waals surface area (Å²) in [5.41, 5.74) is 1.05. The van der Waals surface area contributed by atoms with Crippen LogP contribution in [0.3, 0.4) is 0 Å². The number of hydrogen-bond donors (Lipinski definition) is 0. The van der Waals surface area contributed by atoms with Gasteiger partial charge in [0.2, 0.25) is 0 Å². The first kappa shape index (κ1) is 16.6. The fourth-order valence-corrected chi connectivity index (χ4v) is 4.00. The lowest BCUT2D eigenvalue weighted by Crippen LogP contribution is -2.07. The highest BCUT2D eigenvalue weighted by atomic mass is 32.2. The fraction of sp³-hybridized carbons (Fsp3) is 0.125. The van der Waals surface area contributed by atoms with Crippen LogP contribution in [0.25, 0.3) is 6.08 Å². The van der Waals surface area contributed by atoms with Gasteiger partial charge in [0, 0.05) is 4.90 Å². The van der Waals surface area contributed by atoms with Crippen molar-refractivity contribution in [3.05, 3.63) is 65.7 Å². The van der Waals surface area contributed by atoms with E-state index >= 15 is 0 Å². The smallest absolute Gasteiger partial charge is 0.182 e. The molecule has 2 aromatic rings. The highest BCUT2D eigenvalue weighted by Crippen LogP contribution is 2.19. The lowest BCUT2D eigenvalue weighted by Gasteiger charge is -2.10. The van der Waals surface area contributed by atoms with Gasteiger partial charge < -0.3 is 4.55 Å². The van der Waals surface area contributed by atoms with Gasteiger partial charge in [-0.3, -0.25) is 4.21 Å². The number of hydrogen-bond acceptors (Lipinski definition) is 4. The van der Waals surface area contributed by atoms with E-state index in [1.165, 1.54) is 6.07 Å². The van der Waals surface area contributed by atoms with Crippen LogP contribution in [0.1, 0.15) is 12.5 Å². The summed E-state index contributed by atoms with van der Waals surface area (Å²) in [5, 5.41) is 0. The molecule has 0 aromatic heterocycles. The third-order valence-corrected chi connectivity index (χ3v) is 5.58. The van der Waals surface area contributed by atoms with Crippen molar-refractivity contribution in [3.8, 4) is 0 Å². The van der Waals surface area contributed by atoms with Gasteiger partial charge in [-0.2, -0.15) is 0 Å². The Balaban J connectivity index is 2.30. The van der Waals surface area contributed by atoms with Crippen molar-refractivity contribution in [3.63, 3.8) is 0 Å². The maximum atomic E-state index is 12.3. The van der Waals surface area contributed by atoms with Gasteiger partial charge in [0.15, 0.2) is 9.84 Å². The van der Waals surface area contributed by atoms with E-state index in [2.05, 4.69) is 0 Å². The molecular weight excluding hydrogens is 320 g/mol. The number of benzene rings is 2. The zero-order valence-corrected chi connectivity index (χ0v) is 13.6. The molecule has 1 atom stereocenters. The molecule has 0 N–H and O–H groups in total. The minimum Gasteiger partial charge on any atom is -0.768 e. The Morgan fingerprint density at radius 3 is 2.32 bits per heavy atom. The van der Waals surface area contributed by atoms with E-state index in [4.69, 9.17) is 0 Å². The van der Waals surface area contributed by atoms with Crippen LogP contribution >= 0.6 is 0 Å². The van der Waals surface area contributed by atoms with Crippen LogP contribution in [0.2, 0.25) is 0 Å². The molecule has 0 bridgehead atoms. The summed E-state index contributed by atoms with van der Waals surface area (Å²) in [5.74, 6) is -0.156. The molecule has 6 heteroatoms. The second kappa shape index (κ2) is 7.00. The predicted molar refractivity (Wildman–Crippen MR) is 85.8 cm³/mol. The topological polar surface area (TPSA) is 74.3 Å². The molecule has 2 aromatic carbocycles. The first-order valence-electron chi connectivity index (χ1n) is 6.53. The Morgan fingerprint density at radius 2 is 1.68 bits per heavy atom. The maximum Gasteiger partial charge on any atom is 0.182 e. The lowest BCUT2D eigenvalue weighted by molar-refractivity contribution is 0.537. The van der Waals surface area contributed by atoms with Gasteiger partial charge in [0.05, 0.1) is 10.6 Å². The summed E-state index contributed by atoms with van der Waals surface area (Å²) < 4.78 is 46.9. The third kappa shape index (κ3) is 4.13. The average Bonchev–Trinajstić information content (AvgIpc) is 2.48. The summed E-state index contributed by atoms with van der Waals surface area (Å²) in [6.07, 6.45) is 1.59. The van der Waals surface area contributed by atoms with E-state index in [9.17, 15) is 17.2 Å². The zero-order chi connectivity index (χ0) is 16.2. The van der Waals surface area contributed by atoms with Crippen molar-refractivity contribution in [2.45, 2.75) is 16.7 Å². The molecule has 4 nitrogen and oxygen atoms in total. The van der Waals surface area contributed by atoms with Crippen molar-refractivity contribution < 1.29 is 17.2 Å². The molecule has 0 aliphatic heterocycles. The van der Waals surface area contributed by atoms with E-state index in [-0.39, 0.29) is 15.5 Å². The van der Waals surface area contributed by atoms with Crippen LogP contribution in [0.4, 0.5) is 0 Å². The van der Waals surface area contributed by atoms with Crippen LogP contribution in [0.5, 0.6) is 0 Å². The van der Waals surface area contributed by atoms with E-state index in [1.54, 1.807) is 61.5 Å². The molecule has 0 aliphatic carbocycles. The molecule has 0 heterocycles. The summed E-state index contributed by atoms with van der Waals surface area (Å²) in [6, 6.07) is 14.6. The van der Waals surface area contributed by atoms with Gasteiger partial charge in [-0.1, -0.05) is 48.0 Å². The van der Waals surface area contributed by atoms with Gasteiger partial charge in [0.25, 0.3) is 0 Å². The van der Waals surface area contributed by atoms with E-state index in [1.807, 2.05) is 0 Å². The molecule has 0 aliphatic rings. The molecule has 0 amide bonds. The monoisotopic (exact) mass is 335 g/mol. The van der Waals surface area contributed by atoms with Gasteiger partial charge in [-0.05, 0) is 41.8 Å². The van der Waals surface area contributed by atoms with Crippen LogP contribution in [0.15, 0.2) is 70.0 Å². The largest absolute Gasteiger partial charge is 0.768 e. The molecule has 116 valence electrons. The molecular formula is C16H15O4S2-. The minimum atomic E-state index is -3.43. The van der Waals surface area contributed by atoms with Crippen LogP contribution in [-0.4, -0.2) is 22.9 Å². The highest BCUT2D eigenvalue weighted by Gasteiger charge is 2.14. The summed E-state index contributed by atoms with van der Waals surface area (Å²) in [4.78, 5) is 0.405. The highest BCUT2D eigenvalue weighted by molar-refractivity contribution is 7.91. The third-order valence-electron chi connectivity index (χ3n) is 3.02. The summed E-state index contributed by atoms with van der Waals surface area (Å²) in [6.45, 7) is 1.67. The van der Waals surface area contributed by atoms with E-state index in [0.29, 0.717) is 11.1 Å². The van der Waals surface area contributed by atoms with Gasteiger partial charge in [0.1, 0.15) is 0 Å². The Morgan fingerprint density at radius 1 is 1.09 bits per heavy atom. The molecule has 0 saturated carbocycles. The first-order valence-corrected chi connectivity index (χ1v) is 9.26. The molecule has 2 rings (SSSR count). The number of sulfone groups is 1.